The van der Waals surface area contributed by atoms with E-state index in [0.29, 0.717) is 0 Å². The first-order valence-electron chi connectivity index (χ1n) is 7.50. The molecule has 0 atom stereocenters. The first-order chi connectivity index (χ1) is 10.1. The Balaban J connectivity index is 1.87. The molecule has 2 aromatic rings. The Morgan fingerprint density at radius 1 is 1.43 bits per heavy atom. The van der Waals surface area contributed by atoms with Gasteiger partial charge < -0.3 is 14.6 Å². The molecular weight excluding hydrogens is 282 g/mol. The van der Waals surface area contributed by atoms with Gasteiger partial charge in [-0.15, -0.1) is 11.3 Å². The van der Waals surface area contributed by atoms with Gasteiger partial charge in [0.05, 0.1) is 0 Å². The minimum atomic E-state index is 0.107. The van der Waals surface area contributed by atoms with Crippen LogP contribution in [0.4, 0.5) is 5.95 Å². The second-order valence-electron chi connectivity index (χ2n) is 5.71. The van der Waals surface area contributed by atoms with Crippen molar-refractivity contribution in [2.45, 2.75) is 39.2 Å². The van der Waals surface area contributed by atoms with E-state index in [1.807, 2.05) is 19.3 Å². The number of aryl methyl sites for hydroxylation is 1. The number of nitrogens with zero attached hydrogens (tertiary/aromatic N) is 2. The monoisotopic (exact) mass is 307 g/mol. The molecule has 0 unspecified atom stereocenters. The quantitative estimate of drug-likeness (QED) is 0.717. The molecule has 0 saturated carbocycles. The van der Waals surface area contributed by atoms with Crippen molar-refractivity contribution in [3.05, 3.63) is 34.8 Å². The number of rotatable bonds is 9. The van der Waals surface area contributed by atoms with Crippen LogP contribution < -0.4 is 5.32 Å². The molecule has 5 heteroatoms. The third-order valence-corrected chi connectivity index (χ3v) is 4.72. The zero-order valence-corrected chi connectivity index (χ0v) is 13.9. The first-order valence-corrected chi connectivity index (χ1v) is 8.38. The van der Waals surface area contributed by atoms with Crippen LogP contribution in [0, 0.1) is 0 Å². The normalized spacial score (nSPS) is 11.8. The van der Waals surface area contributed by atoms with Crippen LogP contribution in [-0.4, -0.2) is 29.3 Å². The van der Waals surface area contributed by atoms with E-state index >= 15 is 0 Å². The minimum Gasteiger partial charge on any atom is -0.382 e. The van der Waals surface area contributed by atoms with E-state index < -0.39 is 0 Å². The highest BCUT2D eigenvalue weighted by atomic mass is 32.1. The Morgan fingerprint density at radius 2 is 2.29 bits per heavy atom. The molecule has 116 valence electrons. The van der Waals surface area contributed by atoms with Gasteiger partial charge in [0.1, 0.15) is 0 Å². The van der Waals surface area contributed by atoms with Crippen LogP contribution in [0.2, 0.25) is 0 Å². The summed E-state index contributed by atoms with van der Waals surface area (Å²) >= 11 is 1.81. The number of aromatic nitrogens is 2. The van der Waals surface area contributed by atoms with Gasteiger partial charge in [-0.25, -0.2) is 4.98 Å². The van der Waals surface area contributed by atoms with Gasteiger partial charge in [0.15, 0.2) is 0 Å². The van der Waals surface area contributed by atoms with E-state index in [1.54, 1.807) is 11.3 Å². The number of hydrogen-bond acceptors (Lipinski definition) is 4. The average Bonchev–Trinajstić information content (AvgIpc) is 3.13. The molecule has 2 heterocycles. The predicted molar refractivity (Wildman–Crippen MR) is 89.2 cm³/mol. The van der Waals surface area contributed by atoms with Crippen molar-refractivity contribution in [2.75, 3.05) is 25.1 Å². The molecule has 0 fully saturated rings. The van der Waals surface area contributed by atoms with Crippen LogP contribution in [0.25, 0.3) is 0 Å². The largest absolute Gasteiger partial charge is 0.382 e. The molecule has 21 heavy (non-hydrogen) atoms. The summed E-state index contributed by atoms with van der Waals surface area (Å²) in [5.74, 6) is 0.941. The molecule has 0 aromatic carbocycles. The molecular formula is C16H25N3OS. The summed E-state index contributed by atoms with van der Waals surface area (Å²) in [6.45, 7) is 9.93. The molecule has 1 N–H and O–H groups in total. The van der Waals surface area contributed by atoms with Crippen molar-refractivity contribution in [3.8, 4) is 0 Å². The molecule has 4 nitrogen and oxygen atoms in total. The predicted octanol–water partition coefficient (Wildman–Crippen LogP) is 3.76. The number of nitrogens with one attached hydrogen (secondary N) is 1. The highest BCUT2D eigenvalue weighted by molar-refractivity contribution is 7.10. The maximum atomic E-state index is 5.38. The van der Waals surface area contributed by atoms with E-state index in [2.05, 4.69) is 46.2 Å². The topological polar surface area (TPSA) is 39.1 Å². The Hall–Kier alpha value is -1.33. The molecule has 0 aliphatic carbocycles. The van der Waals surface area contributed by atoms with E-state index in [0.717, 1.165) is 38.7 Å². The summed E-state index contributed by atoms with van der Waals surface area (Å²) in [7, 11) is 0. The molecule has 2 aromatic heterocycles. The lowest BCUT2D eigenvalue weighted by Crippen LogP contribution is -2.27. The summed E-state index contributed by atoms with van der Waals surface area (Å²) in [6.07, 6.45) is 4.88. The van der Waals surface area contributed by atoms with Gasteiger partial charge in [-0.05, 0) is 24.8 Å². The zero-order chi connectivity index (χ0) is 15.1. The van der Waals surface area contributed by atoms with Crippen molar-refractivity contribution >= 4 is 17.3 Å². The Labute approximate surface area is 131 Å². The van der Waals surface area contributed by atoms with Crippen LogP contribution >= 0.6 is 11.3 Å². The maximum absolute atomic E-state index is 5.38. The van der Waals surface area contributed by atoms with E-state index in [1.165, 1.54) is 4.88 Å². The number of thiophene rings is 1. The summed E-state index contributed by atoms with van der Waals surface area (Å²) in [5.41, 5.74) is 0.107. The Kier molecular flexibility index (Phi) is 5.82. The molecule has 0 bridgehead atoms. The SMILES string of the molecule is CCOCCCn1ccnc1NCC(C)(C)c1cccs1. The number of ether oxygens (including phenoxy) is 1. The fraction of sp³-hybridized carbons (Fsp3) is 0.562. The lowest BCUT2D eigenvalue weighted by atomic mass is 9.91. The van der Waals surface area contributed by atoms with Gasteiger partial charge >= 0.3 is 0 Å². The van der Waals surface area contributed by atoms with Crippen molar-refractivity contribution in [1.82, 2.24) is 9.55 Å². The van der Waals surface area contributed by atoms with Crippen LogP contribution in [0.1, 0.15) is 32.1 Å². The number of imidazole rings is 1. The van der Waals surface area contributed by atoms with Gasteiger partial charge in [-0.2, -0.15) is 0 Å². The maximum Gasteiger partial charge on any atom is 0.202 e. The summed E-state index contributed by atoms with van der Waals surface area (Å²) < 4.78 is 7.54. The standard InChI is InChI=1S/C16H25N3OS/c1-4-20-11-6-9-19-10-8-17-15(19)18-13-16(2,3)14-7-5-12-21-14/h5,7-8,10,12H,4,6,9,11,13H2,1-3H3,(H,17,18). The van der Waals surface area contributed by atoms with Gasteiger partial charge in [0, 0.05) is 49.0 Å². The summed E-state index contributed by atoms with van der Waals surface area (Å²) in [6, 6.07) is 4.30. The fourth-order valence-corrected chi connectivity index (χ4v) is 3.04. The second-order valence-corrected chi connectivity index (χ2v) is 6.66. The number of hydrogen-bond donors (Lipinski definition) is 1. The van der Waals surface area contributed by atoms with E-state index in [-0.39, 0.29) is 5.41 Å². The van der Waals surface area contributed by atoms with Crippen LogP contribution in [0.15, 0.2) is 29.9 Å². The van der Waals surface area contributed by atoms with Crippen LogP contribution in [0.3, 0.4) is 0 Å². The van der Waals surface area contributed by atoms with E-state index in [4.69, 9.17) is 4.74 Å². The van der Waals surface area contributed by atoms with Crippen molar-refractivity contribution < 1.29 is 4.74 Å². The highest BCUT2D eigenvalue weighted by Crippen LogP contribution is 2.27. The van der Waals surface area contributed by atoms with Gasteiger partial charge in [0.25, 0.3) is 0 Å². The third kappa shape index (κ3) is 4.58. The van der Waals surface area contributed by atoms with Crippen molar-refractivity contribution in [3.63, 3.8) is 0 Å². The minimum absolute atomic E-state index is 0.107. The molecule has 0 aliphatic heterocycles. The first kappa shape index (κ1) is 16.0. The fourth-order valence-electron chi connectivity index (χ4n) is 2.19. The lowest BCUT2D eigenvalue weighted by Gasteiger charge is -2.24. The summed E-state index contributed by atoms with van der Waals surface area (Å²) in [5, 5.41) is 5.61. The molecule has 0 amide bonds. The van der Waals surface area contributed by atoms with Gasteiger partial charge in [0.2, 0.25) is 5.95 Å². The molecule has 0 saturated heterocycles. The lowest BCUT2D eigenvalue weighted by molar-refractivity contribution is 0.142. The van der Waals surface area contributed by atoms with Gasteiger partial charge in [-0.3, -0.25) is 0 Å². The third-order valence-electron chi connectivity index (χ3n) is 3.48. The second kappa shape index (κ2) is 7.61. The van der Waals surface area contributed by atoms with Crippen molar-refractivity contribution in [2.24, 2.45) is 0 Å². The molecule has 0 aliphatic rings. The van der Waals surface area contributed by atoms with E-state index in [9.17, 15) is 0 Å². The number of anilines is 1. The van der Waals surface area contributed by atoms with Crippen molar-refractivity contribution in [1.29, 1.82) is 0 Å². The van der Waals surface area contributed by atoms with Crippen LogP contribution in [-0.2, 0) is 16.7 Å². The highest BCUT2D eigenvalue weighted by Gasteiger charge is 2.22. The summed E-state index contributed by atoms with van der Waals surface area (Å²) in [4.78, 5) is 5.81. The smallest absolute Gasteiger partial charge is 0.202 e. The Bertz CT molecular complexity index is 519. The molecule has 0 radical (unpaired) electrons. The Morgan fingerprint density at radius 3 is 3.00 bits per heavy atom. The molecule has 2 rings (SSSR count). The average molecular weight is 307 g/mol. The van der Waals surface area contributed by atoms with Crippen LogP contribution in [0.5, 0.6) is 0 Å². The molecule has 0 spiro atoms. The van der Waals surface area contributed by atoms with Gasteiger partial charge in [-0.1, -0.05) is 19.9 Å². The zero-order valence-electron chi connectivity index (χ0n) is 13.1.